The first-order valence-corrected chi connectivity index (χ1v) is 3.27. The highest BCUT2D eigenvalue weighted by molar-refractivity contribution is 5.87. The summed E-state index contributed by atoms with van der Waals surface area (Å²) in [4.78, 5) is 10.8. The highest BCUT2D eigenvalue weighted by Gasteiger charge is 2.25. The molecule has 0 aliphatic rings. The predicted molar refractivity (Wildman–Crippen MR) is 37.8 cm³/mol. The van der Waals surface area contributed by atoms with Crippen molar-refractivity contribution in [2.75, 3.05) is 6.61 Å². The number of aliphatic hydroxyl groups is 3. The van der Waals surface area contributed by atoms with Crippen LogP contribution in [0.15, 0.2) is 0 Å². The van der Waals surface area contributed by atoms with Gasteiger partial charge >= 0.3 is 0 Å². The molecule has 2 unspecified atom stereocenters. The minimum absolute atomic E-state index is 0.653. The van der Waals surface area contributed by atoms with E-state index in [0.717, 1.165) is 0 Å². The molecule has 0 aromatic carbocycles. The third-order valence-electron chi connectivity index (χ3n) is 1.29. The molecule has 0 radical (unpaired) electrons. The first-order chi connectivity index (χ1) is 5.00. The zero-order chi connectivity index (χ0) is 9.02. The smallest absolute Gasteiger partial charge is 0.180 e. The molecule has 0 rings (SSSR count). The molecule has 0 aromatic rings. The van der Waals surface area contributed by atoms with Gasteiger partial charge in [-0.3, -0.25) is 4.79 Å². The van der Waals surface area contributed by atoms with Crippen LogP contribution in [0.3, 0.4) is 0 Å². The van der Waals surface area contributed by atoms with Crippen LogP contribution >= 0.6 is 0 Å². The lowest BCUT2D eigenvalue weighted by atomic mass is 10.1. The van der Waals surface area contributed by atoms with Crippen LogP contribution in [0.5, 0.6) is 0 Å². The summed E-state index contributed by atoms with van der Waals surface area (Å²) in [5.41, 5.74) is 5.13. The third kappa shape index (κ3) is 2.94. The molecule has 0 aliphatic carbocycles. The monoisotopic (exact) mass is 163 g/mol. The molecule has 11 heavy (non-hydrogen) atoms. The summed E-state index contributed by atoms with van der Waals surface area (Å²) in [5, 5.41) is 26.0. The maximum Gasteiger partial charge on any atom is 0.180 e. The number of Topliss-reactive ketones (excluding diaryl/α,β-unsaturated/α-hetero) is 1. The van der Waals surface area contributed by atoms with Crippen LogP contribution < -0.4 is 5.73 Å². The molecule has 0 aromatic heterocycles. The number of hydrogen-bond acceptors (Lipinski definition) is 5. The van der Waals surface area contributed by atoms with E-state index in [9.17, 15) is 4.79 Å². The van der Waals surface area contributed by atoms with Crippen molar-refractivity contribution in [2.45, 2.75) is 25.2 Å². The Morgan fingerprint density at radius 1 is 1.55 bits per heavy atom. The normalized spacial score (nSPS) is 19.0. The van der Waals surface area contributed by atoms with Gasteiger partial charge in [0, 0.05) is 0 Å². The van der Waals surface area contributed by atoms with Crippen molar-refractivity contribution in [1.82, 2.24) is 0 Å². The summed E-state index contributed by atoms with van der Waals surface area (Å²) < 4.78 is 0. The second kappa shape index (κ2) is 4.40. The average Bonchev–Trinajstić information content (AvgIpc) is 2.00. The molecule has 0 fully saturated rings. The Hall–Kier alpha value is -0.490. The number of carbonyl (C=O) groups is 1. The van der Waals surface area contributed by atoms with Gasteiger partial charge in [0.05, 0.1) is 12.6 Å². The van der Waals surface area contributed by atoms with Crippen LogP contribution in [0.4, 0.5) is 0 Å². The average molecular weight is 163 g/mol. The van der Waals surface area contributed by atoms with Crippen LogP contribution in [0.1, 0.15) is 6.92 Å². The number of ketones is 1. The number of nitrogens with two attached hydrogens (primary N) is 1. The lowest BCUT2D eigenvalue weighted by Crippen LogP contribution is -2.44. The van der Waals surface area contributed by atoms with Gasteiger partial charge in [-0.05, 0) is 6.92 Å². The van der Waals surface area contributed by atoms with E-state index >= 15 is 0 Å². The van der Waals surface area contributed by atoms with Gasteiger partial charge in [-0.25, -0.2) is 0 Å². The van der Waals surface area contributed by atoms with Crippen LogP contribution in [-0.4, -0.2) is 46.0 Å². The lowest BCUT2D eigenvalue weighted by molar-refractivity contribution is -0.135. The molecule has 0 bridgehead atoms. The lowest BCUT2D eigenvalue weighted by Gasteiger charge is -2.15. The van der Waals surface area contributed by atoms with Crippen molar-refractivity contribution in [1.29, 1.82) is 0 Å². The van der Waals surface area contributed by atoms with Gasteiger partial charge in [-0.2, -0.15) is 0 Å². The van der Waals surface area contributed by atoms with Crippen LogP contribution in [0, 0.1) is 0 Å². The predicted octanol–water partition coefficient (Wildman–Crippen LogP) is -2.38. The van der Waals surface area contributed by atoms with Gasteiger partial charge in [-0.15, -0.1) is 0 Å². The molecule has 0 saturated heterocycles. The highest BCUT2D eigenvalue weighted by Crippen LogP contribution is 1.96. The molecule has 66 valence electrons. The standard InChI is InChI=1S/C6H13NO4/c1-3(7)5(10)6(11)4(9)2-8/h3-4,6,8-9,11H,2,7H2,1H3/t3-,4?,6?/m0/s1. The molecule has 0 heterocycles. The first kappa shape index (κ1) is 10.5. The molecular formula is C6H13NO4. The Labute approximate surface area is 64.4 Å². The summed E-state index contributed by atoms with van der Waals surface area (Å²) in [6.07, 6.45) is -3.02. The minimum atomic E-state index is -1.58. The van der Waals surface area contributed by atoms with Crippen molar-refractivity contribution in [3.63, 3.8) is 0 Å². The Kier molecular flexibility index (Phi) is 4.20. The fraction of sp³-hybridized carbons (Fsp3) is 0.833. The topological polar surface area (TPSA) is 104 Å². The van der Waals surface area contributed by atoms with Crippen LogP contribution in [-0.2, 0) is 4.79 Å². The van der Waals surface area contributed by atoms with E-state index in [4.69, 9.17) is 21.1 Å². The Bertz CT molecular complexity index is 137. The first-order valence-electron chi connectivity index (χ1n) is 3.27. The summed E-state index contributed by atoms with van der Waals surface area (Å²) in [5.74, 6) is -0.674. The van der Waals surface area contributed by atoms with Crippen molar-refractivity contribution in [2.24, 2.45) is 5.73 Å². The molecule has 5 heteroatoms. The van der Waals surface area contributed by atoms with E-state index in [2.05, 4.69) is 0 Å². The van der Waals surface area contributed by atoms with Gasteiger partial charge in [0.2, 0.25) is 0 Å². The second-order valence-electron chi connectivity index (χ2n) is 2.39. The van der Waals surface area contributed by atoms with E-state index in [1.54, 1.807) is 0 Å². The molecule has 5 N–H and O–H groups in total. The van der Waals surface area contributed by atoms with Gasteiger partial charge in [0.15, 0.2) is 5.78 Å². The van der Waals surface area contributed by atoms with Gasteiger partial charge in [0.1, 0.15) is 12.2 Å². The van der Waals surface area contributed by atoms with Crippen molar-refractivity contribution < 1.29 is 20.1 Å². The molecule has 5 nitrogen and oxygen atoms in total. The molecule has 0 saturated carbocycles. The van der Waals surface area contributed by atoms with E-state index < -0.39 is 30.6 Å². The van der Waals surface area contributed by atoms with Crippen molar-refractivity contribution in [3.05, 3.63) is 0 Å². The summed E-state index contributed by atoms with van der Waals surface area (Å²) in [7, 11) is 0. The van der Waals surface area contributed by atoms with Crippen LogP contribution in [0.25, 0.3) is 0 Å². The molecule has 0 amide bonds. The maximum absolute atomic E-state index is 10.8. The summed E-state index contributed by atoms with van der Waals surface area (Å²) in [6, 6.07) is -0.828. The minimum Gasteiger partial charge on any atom is -0.394 e. The van der Waals surface area contributed by atoms with Gasteiger partial charge < -0.3 is 21.1 Å². The number of aliphatic hydroxyl groups excluding tert-OH is 3. The molecule has 3 atom stereocenters. The molecule has 0 spiro atoms. The number of hydrogen-bond donors (Lipinski definition) is 4. The fourth-order valence-electron chi connectivity index (χ4n) is 0.559. The Morgan fingerprint density at radius 3 is 2.27 bits per heavy atom. The number of carbonyl (C=O) groups excluding carboxylic acids is 1. The zero-order valence-corrected chi connectivity index (χ0v) is 6.27. The third-order valence-corrected chi connectivity index (χ3v) is 1.29. The van der Waals surface area contributed by atoms with E-state index in [1.165, 1.54) is 6.92 Å². The number of rotatable bonds is 4. The highest BCUT2D eigenvalue weighted by atomic mass is 16.4. The van der Waals surface area contributed by atoms with Crippen LogP contribution in [0.2, 0.25) is 0 Å². The zero-order valence-electron chi connectivity index (χ0n) is 6.27. The van der Waals surface area contributed by atoms with Crippen molar-refractivity contribution >= 4 is 5.78 Å². The summed E-state index contributed by atoms with van der Waals surface area (Å²) in [6.45, 7) is 0.745. The Morgan fingerprint density at radius 2 is 2.00 bits per heavy atom. The van der Waals surface area contributed by atoms with Gasteiger partial charge in [0.25, 0.3) is 0 Å². The largest absolute Gasteiger partial charge is 0.394 e. The van der Waals surface area contributed by atoms with E-state index in [1.807, 2.05) is 0 Å². The summed E-state index contributed by atoms with van der Waals surface area (Å²) >= 11 is 0. The second-order valence-corrected chi connectivity index (χ2v) is 2.39. The maximum atomic E-state index is 10.8. The fourth-order valence-corrected chi connectivity index (χ4v) is 0.559. The SMILES string of the molecule is C[C@H](N)C(=O)C(O)C(O)CO. The molecular weight excluding hydrogens is 150 g/mol. The Balaban J connectivity index is 4.02. The van der Waals surface area contributed by atoms with Gasteiger partial charge in [-0.1, -0.05) is 0 Å². The quantitative estimate of drug-likeness (QED) is 0.370. The van der Waals surface area contributed by atoms with E-state index in [0.29, 0.717) is 0 Å². The van der Waals surface area contributed by atoms with Crippen molar-refractivity contribution in [3.8, 4) is 0 Å². The molecule has 0 aliphatic heterocycles. The van der Waals surface area contributed by atoms with E-state index in [-0.39, 0.29) is 0 Å².